The predicted octanol–water partition coefficient (Wildman–Crippen LogP) is 16.3. The van der Waals surface area contributed by atoms with Gasteiger partial charge < -0.3 is 38.5 Å². The molecule has 4 amide bonds. The molecule has 646 valence electrons. The fourth-order valence-corrected chi connectivity index (χ4v) is 21.0. The van der Waals surface area contributed by atoms with Gasteiger partial charge in [-0.3, -0.25) is 19.2 Å². The largest absolute Gasteiger partial charge is 0.463 e. The topological polar surface area (TPSA) is 299 Å². The van der Waals surface area contributed by atoms with Crippen molar-refractivity contribution in [2.45, 2.75) is 188 Å². The number of ether oxygens (including phenoxy) is 4. The summed E-state index contributed by atoms with van der Waals surface area (Å²) in [7, 11) is 0. The Balaban J connectivity index is 0.000000119. The fourth-order valence-electron chi connectivity index (χ4n) is 20.2. The van der Waals surface area contributed by atoms with E-state index >= 15 is 0 Å². The monoisotopic (exact) mass is 1710 g/mol. The Bertz CT molecular complexity index is 5710. The maximum absolute atomic E-state index is 14.9. The summed E-state index contributed by atoms with van der Waals surface area (Å²) in [4.78, 5) is 124. The summed E-state index contributed by atoms with van der Waals surface area (Å²) in [5.74, 6) is 1.01. The molecular formula is C97H100F2N18O8S. The third kappa shape index (κ3) is 18.6. The maximum atomic E-state index is 14.9. The van der Waals surface area contributed by atoms with Crippen molar-refractivity contribution in [2.75, 3.05) is 26.4 Å². The second-order valence-electron chi connectivity index (χ2n) is 34.1. The number of amides is 4. The van der Waals surface area contributed by atoms with E-state index in [1.165, 1.54) is 18.2 Å². The highest BCUT2D eigenvalue weighted by Crippen LogP contribution is 2.48. The van der Waals surface area contributed by atoms with Crippen molar-refractivity contribution in [2.24, 2.45) is 23.7 Å². The molecule has 0 N–H and O–H groups in total. The fraction of sp³-hybridized carbons (Fsp3) is 0.381. The van der Waals surface area contributed by atoms with Gasteiger partial charge in [-0.25, -0.2) is 78.6 Å². The molecule has 8 fully saturated rings. The Hall–Kier alpha value is -12.9. The van der Waals surface area contributed by atoms with Crippen molar-refractivity contribution in [3.05, 3.63) is 261 Å². The summed E-state index contributed by atoms with van der Waals surface area (Å²) in [6, 6.07) is 42.4. The van der Waals surface area contributed by atoms with Gasteiger partial charge in [-0.2, -0.15) is 0 Å². The quantitative estimate of drug-likeness (QED) is 0.0684. The highest BCUT2D eigenvalue weighted by atomic mass is 32.1. The third-order valence-electron chi connectivity index (χ3n) is 25.4. The number of benzene rings is 4. The molecule has 0 radical (unpaired) electrons. The number of rotatable bonds is 20. The average molecular weight is 1720 g/mol. The van der Waals surface area contributed by atoms with Crippen molar-refractivity contribution < 1.29 is 46.9 Å². The summed E-state index contributed by atoms with van der Waals surface area (Å²) in [6.07, 6.45) is 21.2. The maximum Gasteiger partial charge on any atom is 0.316 e. The first-order valence-electron chi connectivity index (χ1n) is 43.3. The van der Waals surface area contributed by atoms with E-state index in [1.807, 2.05) is 139 Å². The van der Waals surface area contributed by atoms with Crippen LogP contribution in [-0.4, -0.2) is 188 Å². The molecule has 0 spiro atoms. The molecule has 16 heterocycles. The number of hydrogen-bond donors (Lipinski definition) is 0. The minimum Gasteiger partial charge on any atom is -0.463 e. The van der Waals surface area contributed by atoms with E-state index in [4.69, 9.17) is 18.9 Å². The first kappa shape index (κ1) is 85.3. The molecular weight excluding hydrogens is 1620 g/mol. The van der Waals surface area contributed by atoms with Crippen LogP contribution in [0.5, 0.6) is 24.0 Å². The van der Waals surface area contributed by atoms with Gasteiger partial charge in [0.2, 0.25) is 0 Å². The molecule has 4 aromatic carbocycles. The summed E-state index contributed by atoms with van der Waals surface area (Å²) < 4.78 is 52.8. The first-order chi connectivity index (χ1) is 61.1. The highest BCUT2D eigenvalue weighted by Gasteiger charge is 2.53. The van der Waals surface area contributed by atoms with Crippen molar-refractivity contribution in [3.8, 4) is 68.6 Å². The standard InChI is InChI=1S/C25H27N5O2.2C24H24FN5O2.C24H25N3O2S/c1-15-5-7-20(23-26-9-4-10-27-23)21(11-15)24(31)30-19-6-8-22(30)18(13-19)14-32-25-28-16(2)12-17(3)29-25;1-14-10-15(2)29-24(28-14)32-13-16-11-18-5-7-21(16)30(18)23(31)20-12-17(25)4-6-19(20)22-26-8-3-9-27-22;1-14-11-15(2)29-24(28-14)32-13-16-12-17-7-8-20(16)30(17)23(31)21-18(5-3-6-19(21)25)22-26-9-4-10-27-22;1-15-12-16(2)26-24(25-15)29-14-17-13-18-9-10-21(17)27(18)23(28)20-7-4-3-6-19(20)22-8-5-11-30-22/h4-5,7,9-12,18-19,22H,6,8,13-14H2,1-3H3;3-4,6,8-10,12,16,18,21H,5,7,11,13H2,1-2H3;3-6,9-11,16-17,20H,7-8,12-13H2,1-2H3;3-8,11-12,17-18,21H,9-10,13-14H2,1-2H3. The number of nitrogens with zero attached hydrogens (tertiary/aromatic N) is 18. The molecule has 0 saturated carbocycles. The lowest BCUT2D eigenvalue weighted by atomic mass is 9.90. The van der Waals surface area contributed by atoms with Gasteiger partial charge in [-0.1, -0.05) is 54.1 Å². The molecule has 12 atom stereocenters. The summed E-state index contributed by atoms with van der Waals surface area (Å²) in [5, 5.41) is 2.05. The lowest BCUT2D eigenvalue weighted by molar-refractivity contribution is 0.0697. The van der Waals surface area contributed by atoms with Crippen LogP contribution >= 0.6 is 11.3 Å². The zero-order chi connectivity index (χ0) is 87.4. The molecule has 12 unspecified atom stereocenters. The average Bonchev–Trinajstić information content (AvgIpc) is 1.62. The summed E-state index contributed by atoms with van der Waals surface area (Å²) >= 11 is 1.67. The van der Waals surface area contributed by atoms with Crippen molar-refractivity contribution in [1.29, 1.82) is 0 Å². The number of aryl methyl sites for hydroxylation is 9. The zero-order valence-corrected chi connectivity index (χ0v) is 72.8. The van der Waals surface area contributed by atoms with E-state index in [0.717, 1.165) is 150 Å². The normalized spacial score (nSPS) is 21.9. The van der Waals surface area contributed by atoms with E-state index in [1.54, 1.807) is 84.9 Å². The number of carbonyl (C=O) groups is 4. The Kier molecular flexibility index (Phi) is 25.4. The van der Waals surface area contributed by atoms with E-state index in [0.29, 0.717) is 102 Å². The molecule has 8 aliphatic rings. The van der Waals surface area contributed by atoms with Gasteiger partial charge in [0.1, 0.15) is 11.6 Å². The van der Waals surface area contributed by atoms with Gasteiger partial charge in [0.25, 0.3) is 23.6 Å². The SMILES string of the molecule is Cc1cc(C)nc(OCC2CC3CCC2N3C(=O)c2c(F)cccc2-c2ncccn2)n1.Cc1cc(C)nc(OCC2CC3CCC2N3C(=O)c2cc(F)ccc2-c2ncccn2)n1.Cc1cc(C)nc(OCC2CC3CCC2N3C(=O)c2ccccc2-c2cccs2)n1.Cc1ccc(-c2ncccn2)c(C(=O)N2C3CCC2C(COc2nc(C)cc(C)n2)C3)c1. The smallest absolute Gasteiger partial charge is 0.316 e. The van der Waals surface area contributed by atoms with Gasteiger partial charge in [0.15, 0.2) is 17.5 Å². The van der Waals surface area contributed by atoms with E-state index in [-0.39, 0.29) is 89.2 Å². The van der Waals surface area contributed by atoms with Crippen LogP contribution in [-0.2, 0) is 0 Å². The Morgan fingerprint density at radius 3 is 1.06 bits per heavy atom. The molecule has 12 aromatic rings. The van der Waals surface area contributed by atoms with Gasteiger partial charge in [0.05, 0.1) is 43.1 Å². The van der Waals surface area contributed by atoms with Crippen LogP contribution in [0.4, 0.5) is 8.78 Å². The van der Waals surface area contributed by atoms with Gasteiger partial charge in [-0.15, -0.1) is 11.3 Å². The van der Waals surface area contributed by atoms with Crippen molar-refractivity contribution in [3.63, 3.8) is 0 Å². The third-order valence-corrected chi connectivity index (χ3v) is 26.3. The second kappa shape index (κ2) is 37.5. The molecule has 126 heavy (non-hydrogen) atoms. The number of halogens is 2. The van der Waals surface area contributed by atoms with Crippen LogP contribution in [0.2, 0.25) is 0 Å². The van der Waals surface area contributed by atoms with Gasteiger partial charge >= 0.3 is 24.0 Å². The van der Waals surface area contributed by atoms with E-state index in [9.17, 15) is 28.0 Å². The number of aromatic nitrogens is 14. The van der Waals surface area contributed by atoms with Crippen LogP contribution in [0.3, 0.4) is 0 Å². The molecule has 0 aliphatic carbocycles. The molecule has 26 nitrogen and oxygen atoms in total. The molecule has 8 saturated heterocycles. The lowest BCUT2D eigenvalue weighted by Crippen LogP contribution is -2.38. The van der Waals surface area contributed by atoms with Gasteiger partial charge in [-0.05, 0) is 230 Å². The van der Waals surface area contributed by atoms with Gasteiger partial charge in [0, 0.05) is 187 Å². The number of hydrogen-bond acceptors (Lipinski definition) is 23. The Morgan fingerprint density at radius 1 is 0.341 bits per heavy atom. The molecule has 8 aromatic heterocycles. The second-order valence-corrected chi connectivity index (χ2v) is 35.1. The Morgan fingerprint density at radius 2 is 0.683 bits per heavy atom. The summed E-state index contributed by atoms with van der Waals surface area (Å²) in [5.41, 5.74) is 12.7. The van der Waals surface area contributed by atoms with Crippen LogP contribution in [0.1, 0.15) is 170 Å². The minimum atomic E-state index is -0.553. The molecule has 8 bridgehead atoms. The Labute approximate surface area is 734 Å². The molecule has 29 heteroatoms. The van der Waals surface area contributed by atoms with Crippen LogP contribution in [0.15, 0.2) is 176 Å². The highest BCUT2D eigenvalue weighted by molar-refractivity contribution is 7.13. The minimum absolute atomic E-state index is 0.00236. The summed E-state index contributed by atoms with van der Waals surface area (Å²) in [6.45, 7) is 19.4. The van der Waals surface area contributed by atoms with E-state index < -0.39 is 11.6 Å². The number of carbonyl (C=O) groups excluding carboxylic acids is 4. The van der Waals surface area contributed by atoms with E-state index in [2.05, 4.69) is 97.1 Å². The van der Waals surface area contributed by atoms with Crippen LogP contribution in [0, 0.1) is 97.6 Å². The van der Waals surface area contributed by atoms with Crippen LogP contribution < -0.4 is 18.9 Å². The zero-order valence-electron chi connectivity index (χ0n) is 72.0. The predicted molar refractivity (Wildman–Crippen MR) is 469 cm³/mol. The molecule has 8 aliphatic heterocycles. The first-order valence-corrected chi connectivity index (χ1v) is 44.2. The molecule has 20 rings (SSSR count). The van der Waals surface area contributed by atoms with Crippen LogP contribution in [0.25, 0.3) is 44.6 Å². The van der Waals surface area contributed by atoms with Crippen molar-refractivity contribution >= 4 is 35.0 Å². The lowest BCUT2D eigenvalue weighted by Gasteiger charge is -2.25. The number of thiophene rings is 1. The number of fused-ring (bicyclic) bond motifs is 8. The van der Waals surface area contributed by atoms with Crippen molar-refractivity contribution in [1.82, 2.24) is 89.4 Å².